The average molecular weight is 467 g/mol. The number of nitrogens with one attached hydrogen (secondary N) is 1. The maximum atomic E-state index is 12.9. The zero-order chi connectivity index (χ0) is 23.6. The molecule has 1 amide bonds. The molecule has 3 aromatic rings. The summed E-state index contributed by atoms with van der Waals surface area (Å²) in [6.07, 6.45) is 0. The predicted molar refractivity (Wildman–Crippen MR) is 127 cm³/mol. The third-order valence-electron chi connectivity index (χ3n) is 5.59. The molecule has 0 spiro atoms. The number of hydrogen-bond acceptors (Lipinski definition) is 5. The SMILES string of the molecule is Cc1ccc(S(=O)(=O)N(C)c2ccc(C(=O)N[C@H](C)c3ccc4c(c3)OCCO4)cc2)cc1. The molecule has 0 radical (unpaired) electrons. The van der Waals surface area contributed by atoms with Gasteiger partial charge in [0.25, 0.3) is 15.9 Å². The second kappa shape index (κ2) is 9.15. The average Bonchev–Trinajstić information content (AvgIpc) is 2.83. The van der Waals surface area contributed by atoms with E-state index in [1.54, 1.807) is 48.5 Å². The van der Waals surface area contributed by atoms with Gasteiger partial charge in [0.15, 0.2) is 11.5 Å². The van der Waals surface area contributed by atoms with Crippen molar-refractivity contribution in [3.63, 3.8) is 0 Å². The number of fused-ring (bicyclic) bond motifs is 1. The number of hydrogen-bond donors (Lipinski definition) is 1. The Morgan fingerprint density at radius 1 is 0.939 bits per heavy atom. The van der Waals surface area contributed by atoms with Crippen LogP contribution >= 0.6 is 0 Å². The van der Waals surface area contributed by atoms with E-state index in [0.717, 1.165) is 11.1 Å². The Kier molecular flexibility index (Phi) is 6.29. The summed E-state index contributed by atoms with van der Waals surface area (Å²) < 4.78 is 38.1. The number of amides is 1. The molecular formula is C25H26N2O5S. The number of rotatable bonds is 6. The van der Waals surface area contributed by atoms with Gasteiger partial charge in [-0.25, -0.2) is 8.42 Å². The normalized spacial score (nSPS) is 13.8. The van der Waals surface area contributed by atoms with Gasteiger partial charge in [-0.2, -0.15) is 0 Å². The van der Waals surface area contributed by atoms with Crippen LogP contribution in [-0.2, 0) is 10.0 Å². The third-order valence-corrected chi connectivity index (χ3v) is 7.39. The van der Waals surface area contributed by atoms with Gasteiger partial charge in [-0.3, -0.25) is 9.10 Å². The fraction of sp³-hybridized carbons (Fsp3) is 0.240. The fourth-order valence-corrected chi connectivity index (χ4v) is 4.72. The summed E-state index contributed by atoms with van der Waals surface area (Å²) in [6.45, 7) is 4.81. The fourth-order valence-electron chi connectivity index (χ4n) is 3.52. The molecule has 8 heteroatoms. The maximum Gasteiger partial charge on any atom is 0.264 e. The first-order valence-electron chi connectivity index (χ1n) is 10.6. The van der Waals surface area contributed by atoms with Crippen molar-refractivity contribution in [3.05, 3.63) is 83.4 Å². The lowest BCUT2D eigenvalue weighted by Crippen LogP contribution is -2.28. The lowest BCUT2D eigenvalue weighted by atomic mass is 10.1. The molecule has 33 heavy (non-hydrogen) atoms. The van der Waals surface area contributed by atoms with E-state index >= 15 is 0 Å². The highest BCUT2D eigenvalue weighted by atomic mass is 32.2. The first-order chi connectivity index (χ1) is 15.8. The highest BCUT2D eigenvalue weighted by molar-refractivity contribution is 7.92. The summed E-state index contributed by atoms with van der Waals surface area (Å²) in [5.41, 5.74) is 2.78. The van der Waals surface area contributed by atoms with E-state index in [9.17, 15) is 13.2 Å². The minimum absolute atomic E-state index is 0.214. The number of aryl methyl sites for hydroxylation is 1. The second-order valence-electron chi connectivity index (χ2n) is 7.93. The molecule has 1 N–H and O–H groups in total. The van der Waals surface area contributed by atoms with Crippen molar-refractivity contribution in [1.29, 1.82) is 0 Å². The van der Waals surface area contributed by atoms with Crippen LogP contribution in [0.2, 0.25) is 0 Å². The van der Waals surface area contributed by atoms with Crippen molar-refractivity contribution in [1.82, 2.24) is 5.32 Å². The minimum atomic E-state index is -3.69. The van der Waals surface area contributed by atoms with Gasteiger partial charge in [-0.1, -0.05) is 23.8 Å². The number of ether oxygens (including phenoxy) is 2. The van der Waals surface area contributed by atoms with Crippen LogP contribution in [0.5, 0.6) is 11.5 Å². The van der Waals surface area contributed by atoms with Gasteiger partial charge >= 0.3 is 0 Å². The Bertz CT molecular complexity index is 1250. The zero-order valence-electron chi connectivity index (χ0n) is 18.7. The first kappa shape index (κ1) is 22.7. The van der Waals surface area contributed by atoms with Crippen LogP contribution in [0.25, 0.3) is 0 Å². The molecule has 0 fully saturated rings. The number of nitrogens with zero attached hydrogens (tertiary/aromatic N) is 1. The van der Waals surface area contributed by atoms with Crippen LogP contribution < -0.4 is 19.1 Å². The monoisotopic (exact) mass is 466 g/mol. The van der Waals surface area contributed by atoms with Crippen molar-refractivity contribution in [2.45, 2.75) is 24.8 Å². The van der Waals surface area contributed by atoms with E-state index in [-0.39, 0.29) is 16.8 Å². The van der Waals surface area contributed by atoms with Crippen LogP contribution in [0, 0.1) is 6.92 Å². The van der Waals surface area contributed by atoms with Gasteiger partial charge in [-0.15, -0.1) is 0 Å². The Hall–Kier alpha value is -3.52. The van der Waals surface area contributed by atoms with E-state index in [1.165, 1.54) is 11.4 Å². The summed E-state index contributed by atoms with van der Waals surface area (Å²) in [5, 5.41) is 2.96. The Morgan fingerprint density at radius 3 is 2.24 bits per heavy atom. The Balaban J connectivity index is 1.45. The number of sulfonamides is 1. The van der Waals surface area contributed by atoms with Crippen molar-refractivity contribution in [3.8, 4) is 11.5 Å². The van der Waals surface area contributed by atoms with Crippen LogP contribution in [0.1, 0.15) is 34.5 Å². The van der Waals surface area contributed by atoms with Crippen LogP contribution in [-0.4, -0.2) is 34.6 Å². The lowest BCUT2D eigenvalue weighted by Gasteiger charge is -2.21. The molecule has 3 aromatic carbocycles. The van der Waals surface area contributed by atoms with E-state index in [1.807, 2.05) is 32.0 Å². The summed E-state index contributed by atoms with van der Waals surface area (Å²) in [5.74, 6) is 1.11. The van der Waals surface area contributed by atoms with Crippen molar-refractivity contribution >= 4 is 21.6 Å². The van der Waals surface area contributed by atoms with Gasteiger partial charge in [0.1, 0.15) is 13.2 Å². The topological polar surface area (TPSA) is 84.9 Å². The van der Waals surface area contributed by atoms with Crippen molar-refractivity contribution < 1.29 is 22.7 Å². The number of anilines is 1. The summed E-state index contributed by atoms with van der Waals surface area (Å²) >= 11 is 0. The van der Waals surface area contributed by atoms with Crippen LogP contribution in [0.15, 0.2) is 71.6 Å². The molecule has 0 bridgehead atoms. The van der Waals surface area contributed by atoms with Gasteiger partial charge in [0.2, 0.25) is 0 Å². The second-order valence-corrected chi connectivity index (χ2v) is 9.90. The number of benzene rings is 3. The zero-order valence-corrected chi connectivity index (χ0v) is 19.6. The first-order valence-corrected chi connectivity index (χ1v) is 12.1. The highest BCUT2D eigenvalue weighted by Gasteiger charge is 2.22. The predicted octanol–water partition coefficient (Wildman–Crippen LogP) is 4.08. The van der Waals surface area contributed by atoms with Crippen LogP contribution in [0.4, 0.5) is 5.69 Å². The van der Waals surface area contributed by atoms with Crippen molar-refractivity contribution in [2.24, 2.45) is 0 Å². The summed E-state index contributed by atoms with van der Waals surface area (Å²) in [7, 11) is -2.20. The number of carbonyl (C=O) groups excluding carboxylic acids is 1. The molecular weight excluding hydrogens is 440 g/mol. The molecule has 0 aliphatic carbocycles. The third kappa shape index (κ3) is 4.80. The van der Waals surface area contributed by atoms with Crippen LogP contribution in [0.3, 0.4) is 0 Å². The Labute approximate surface area is 194 Å². The summed E-state index contributed by atoms with van der Waals surface area (Å²) in [6, 6.07) is 18.5. The largest absolute Gasteiger partial charge is 0.486 e. The highest BCUT2D eigenvalue weighted by Crippen LogP contribution is 2.32. The molecule has 7 nitrogen and oxygen atoms in total. The molecule has 0 unspecified atom stereocenters. The lowest BCUT2D eigenvalue weighted by molar-refractivity contribution is 0.0939. The number of carbonyl (C=O) groups is 1. The van der Waals surface area contributed by atoms with Gasteiger partial charge in [0.05, 0.1) is 16.6 Å². The van der Waals surface area contributed by atoms with E-state index in [4.69, 9.17) is 9.47 Å². The van der Waals surface area contributed by atoms with Crippen molar-refractivity contribution in [2.75, 3.05) is 24.6 Å². The molecule has 172 valence electrons. The van der Waals surface area contributed by atoms with Gasteiger partial charge in [-0.05, 0) is 67.9 Å². The van der Waals surface area contributed by atoms with Gasteiger partial charge < -0.3 is 14.8 Å². The molecule has 1 atom stereocenters. The van der Waals surface area contributed by atoms with E-state index in [0.29, 0.717) is 36.0 Å². The standard InChI is InChI=1S/C25H26N2O5S/c1-17-4-11-22(12-5-17)33(29,30)27(3)21-9-6-19(7-10-21)25(28)26-18(2)20-8-13-23-24(16-20)32-15-14-31-23/h4-13,16,18H,14-15H2,1-3H3,(H,26,28)/t18-/m1/s1. The van der Waals surface area contributed by atoms with E-state index < -0.39 is 10.0 Å². The van der Waals surface area contributed by atoms with Gasteiger partial charge in [0, 0.05) is 12.6 Å². The molecule has 0 aromatic heterocycles. The maximum absolute atomic E-state index is 12.9. The molecule has 1 aliphatic heterocycles. The smallest absolute Gasteiger partial charge is 0.264 e. The molecule has 0 saturated heterocycles. The summed E-state index contributed by atoms with van der Waals surface area (Å²) in [4.78, 5) is 13.0. The quantitative estimate of drug-likeness (QED) is 0.592. The molecule has 0 saturated carbocycles. The van der Waals surface area contributed by atoms with E-state index in [2.05, 4.69) is 5.32 Å². The molecule has 1 aliphatic rings. The molecule has 1 heterocycles. The Morgan fingerprint density at radius 2 is 1.58 bits per heavy atom. The minimum Gasteiger partial charge on any atom is -0.486 e. The molecule has 4 rings (SSSR count).